The van der Waals surface area contributed by atoms with Gasteiger partial charge in [-0.2, -0.15) is 5.26 Å². The zero-order chi connectivity index (χ0) is 13.8. The number of nitriles is 1. The molecule has 102 valence electrons. The Bertz CT molecular complexity index is 326. The van der Waals surface area contributed by atoms with Crippen LogP contribution in [0.1, 0.15) is 40.5 Å². The largest absolute Gasteiger partial charge is 0.337 e. The Morgan fingerprint density at radius 3 is 2.50 bits per heavy atom. The molecule has 0 aliphatic carbocycles. The van der Waals surface area contributed by atoms with Crippen molar-refractivity contribution in [2.45, 2.75) is 46.1 Å². The third-order valence-electron chi connectivity index (χ3n) is 4.03. The third-order valence-corrected chi connectivity index (χ3v) is 4.03. The second kappa shape index (κ2) is 6.19. The first-order valence-electron chi connectivity index (χ1n) is 6.82. The van der Waals surface area contributed by atoms with Crippen molar-refractivity contribution in [2.75, 3.05) is 19.6 Å². The summed E-state index contributed by atoms with van der Waals surface area (Å²) in [6.45, 7) is 10.3. The molecule has 4 heteroatoms. The van der Waals surface area contributed by atoms with Gasteiger partial charge in [0.2, 0.25) is 5.91 Å². The van der Waals surface area contributed by atoms with E-state index in [2.05, 4.69) is 23.2 Å². The summed E-state index contributed by atoms with van der Waals surface area (Å²) in [6, 6.07) is 2.20. The van der Waals surface area contributed by atoms with Gasteiger partial charge in [0, 0.05) is 0 Å². The van der Waals surface area contributed by atoms with Gasteiger partial charge in [0.25, 0.3) is 0 Å². The fraction of sp³-hybridized carbons (Fsp3) is 0.857. The summed E-state index contributed by atoms with van der Waals surface area (Å²) in [5.41, 5.74) is -0.764. The lowest BCUT2D eigenvalue weighted by Crippen LogP contribution is -2.52. The van der Waals surface area contributed by atoms with Crippen LogP contribution in [0.2, 0.25) is 0 Å². The standard InChI is InChI=1S/C14H25N3O/c1-11(2)14(4,10-15)16-13(18)9-17-7-5-12(3)6-8-17/h11-12H,5-9H2,1-4H3,(H,16,18)/t14-/m0/s1. The van der Waals surface area contributed by atoms with Crippen molar-refractivity contribution >= 4 is 5.91 Å². The number of piperidine rings is 1. The number of hydrogen-bond acceptors (Lipinski definition) is 3. The molecule has 1 atom stereocenters. The van der Waals surface area contributed by atoms with E-state index in [1.54, 1.807) is 6.92 Å². The van der Waals surface area contributed by atoms with Gasteiger partial charge >= 0.3 is 0 Å². The maximum absolute atomic E-state index is 12.0. The molecule has 1 saturated heterocycles. The van der Waals surface area contributed by atoms with Crippen LogP contribution in [0, 0.1) is 23.2 Å². The maximum atomic E-state index is 12.0. The second-order valence-electron chi connectivity index (χ2n) is 5.98. The molecule has 1 rings (SSSR count). The monoisotopic (exact) mass is 251 g/mol. The van der Waals surface area contributed by atoms with E-state index in [1.165, 1.54) is 0 Å². The number of hydrogen-bond donors (Lipinski definition) is 1. The van der Waals surface area contributed by atoms with Crippen molar-refractivity contribution in [1.82, 2.24) is 10.2 Å². The van der Waals surface area contributed by atoms with E-state index in [-0.39, 0.29) is 11.8 Å². The highest BCUT2D eigenvalue weighted by atomic mass is 16.2. The average molecular weight is 251 g/mol. The molecule has 0 aromatic rings. The molecular weight excluding hydrogens is 226 g/mol. The Morgan fingerprint density at radius 2 is 2.06 bits per heavy atom. The average Bonchev–Trinajstić information content (AvgIpc) is 2.31. The topological polar surface area (TPSA) is 56.1 Å². The number of likely N-dealkylation sites (tertiary alicyclic amines) is 1. The highest BCUT2D eigenvalue weighted by Gasteiger charge is 2.30. The van der Waals surface area contributed by atoms with Crippen LogP contribution in [-0.4, -0.2) is 36.0 Å². The van der Waals surface area contributed by atoms with E-state index in [4.69, 9.17) is 5.26 Å². The molecule has 0 radical (unpaired) electrons. The quantitative estimate of drug-likeness (QED) is 0.828. The van der Waals surface area contributed by atoms with Crippen LogP contribution in [0.25, 0.3) is 0 Å². The molecule has 0 bridgehead atoms. The van der Waals surface area contributed by atoms with Crippen molar-refractivity contribution in [3.05, 3.63) is 0 Å². The van der Waals surface area contributed by atoms with Gasteiger partial charge in [-0.15, -0.1) is 0 Å². The fourth-order valence-electron chi connectivity index (χ4n) is 2.05. The molecule has 1 N–H and O–H groups in total. The summed E-state index contributed by atoms with van der Waals surface area (Å²) in [4.78, 5) is 14.1. The number of nitrogens with zero attached hydrogens (tertiary/aromatic N) is 2. The Labute approximate surface area is 110 Å². The van der Waals surface area contributed by atoms with E-state index in [0.29, 0.717) is 6.54 Å². The van der Waals surface area contributed by atoms with Crippen molar-refractivity contribution in [1.29, 1.82) is 5.26 Å². The molecule has 1 aliphatic rings. The van der Waals surface area contributed by atoms with E-state index < -0.39 is 5.54 Å². The van der Waals surface area contributed by atoms with Crippen molar-refractivity contribution < 1.29 is 4.79 Å². The van der Waals surface area contributed by atoms with E-state index >= 15 is 0 Å². The second-order valence-corrected chi connectivity index (χ2v) is 5.98. The zero-order valence-electron chi connectivity index (χ0n) is 12.0. The predicted octanol–water partition coefficient (Wildman–Crippen LogP) is 1.77. The zero-order valence-corrected chi connectivity index (χ0v) is 12.0. The number of rotatable bonds is 4. The van der Waals surface area contributed by atoms with Gasteiger partial charge in [-0.05, 0) is 44.7 Å². The maximum Gasteiger partial charge on any atom is 0.235 e. The molecule has 18 heavy (non-hydrogen) atoms. The van der Waals surface area contributed by atoms with Gasteiger partial charge in [-0.1, -0.05) is 20.8 Å². The molecule has 0 unspecified atom stereocenters. The van der Waals surface area contributed by atoms with Gasteiger partial charge in [0.1, 0.15) is 5.54 Å². The summed E-state index contributed by atoms with van der Waals surface area (Å²) in [5.74, 6) is 0.833. The van der Waals surface area contributed by atoms with Crippen LogP contribution in [0.3, 0.4) is 0 Å². The van der Waals surface area contributed by atoms with Crippen LogP contribution in [0.4, 0.5) is 0 Å². The molecular formula is C14H25N3O. The van der Waals surface area contributed by atoms with Crippen molar-refractivity contribution in [2.24, 2.45) is 11.8 Å². The van der Waals surface area contributed by atoms with Gasteiger partial charge in [-0.25, -0.2) is 0 Å². The minimum atomic E-state index is -0.764. The summed E-state index contributed by atoms with van der Waals surface area (Å²) >= 11 is 0. The minimum absolute atomic E-state index is 0.0395. The SMILES string of the molecule is CC1CCN(CC(=O)N[C@@](C)(C#N)C(C)C)CC1. The lowest BCUT2D eigenvalue weighted by Gasteiger charge is -2.32. The predicted molar refractivity (Wildman–Crippen MR) is 71.8 cm³/mol. The van der Waals surface area contributed by atoms with E-state index in [1.807, 2.05) is 13.8 Å². The number of carbonyl (C=O) groups is 1. The van der Waals surface area contributed by atoms with Gasteiger partial charge < -0.3 is 5.32 Å². The molecule has 0 spiro atoms. The van der Waals surface area contributed by atoms with E-state index in [9.17, 15) is 4.79 Å². The first-order chi connectivity index (χ1) is 8.37. The molecule has 0 aromatic carbocycles. The minimum Gasteiger partial charge on any atom is -0.337 e. The van der Waals surface area contributed by atoms with Crippen LogP contribution in [0.5, 0.6) is 0 Å². The lowest BCUT2D eigenvalue weighted by atomic mass is 9.90. The number of amides is 1. The molecule has 1 heterocycles. The summed E-state index contributed by atoms with van der Waals surface area (Å²) < 4.78 is 0. The van der Waals surface area contributed by atoms with Gasteiger partial charge in [-0.3, -0.25) is 9.69 Å². The fourth-order valence-corrected chi connectivity index (χ4v) is 2.05. The molecule has 0 aromatic heterocycles. The molecule has 1 fully saturated rings. The highest BCUT2D eigenvalue weighted by Crippen LogP contribution is 2.17. The van der Waals surface area contributed by atoms with Crippen LogP contribution >= 0.6 is 0 Å². The molecule has 1 amide bonds. The molecule has 1 aliphatic heterocycles. The van der Waals surface area contributed by atoms with Crippen LogP contribution < -0.4 is 5.32 Å². The first-order valence-corrected chi connectivity index (χ1v) is 6.82. The van der Waals surface area contributed by atoms with E-state index in [0.717, 1.165) is 31.8 Å². The Hall–Kier alpha value is -1.08. The van der Waals surface area contributed by atoms with Crippen molar-refractivity contribution in [3.8, 4) is 6.07 Å². The Morgan fingerprint density at radius 1 is 1.50 bits per heavy atom. The number of carbonyl (C=O) groups excluding carboxylic acids is 1. The summed E-state index contributed by atoms with van der Waals surface area (Å²) in [6.07, 6.45) is 2.32. The molecule has 4 nitrogen and oxygen atoms in total. The van der Waals surface area contributed by atoms with Crippen LogP contribution in [0.15, 0.2) is 0 Å². The molecule has 0 saturated carbocycles. The number of nitrogens with one attached hydrogen (secondary N) is 1. The Balaban J connectivity index is 2.44. The third kappa shape index (κ3) is 3.99. The van der Waals surface area contributed by atoms with Crippen molar-refractivity contribution in [3.63, 3.8) is 0 Å². The normalized spacial score (nSPS) is 21.3. The summed E-state index contributed by atoms with van der Waals surface area (Å²) in [7, 11) is 0. The first kappa shape index (κ1) is 15.0. The van der Waals surface area contributed by atoms with Crippen LogP contribution in [-0.2, 0) is 4.79 Å². The Kier molecular flexibility index (Phi) is 5.15. The smallest absolute Gasteiger partial charge is 0.235 e. The van der Waals surface area contributed by atoms with Gasteiger partial charge in [0.15, 0.2) is 0 Å². The van der Waals surface area contributed by atoms with Gasteiger partial charge in [0.05, 0.1) is 12.6 Å². The lowest BCUT2D eigenvalue weighted by molar-refractivity contribution is -0.124. The summed E-state index contributed by atoms with van der Waals surface area (Å²) in [5, 5.41) is 12.0. The highest BCUT2D eigenvalue weighted by molar-refractivity contribution is 5.79.